The van der Waals surface area contributed by atoms with E-state index in [4.69, 9.17) is 23.9 Å². The molecule has 9 nitrogen and oxygen atoms in total. The highest BCUT2D eigenvalue weighted by Crippen LogP contribution is 2.39. The van der Waals surface area contributed by atoms with Gasteiger partial charge in [0.2, 0.25) is 5.75 Å². The Labute approximate surface area is 218 Å². The second kappa shape index (κ2) is 11.1. The van der Waals surface area contributed by atoms with Gasteiger partial charge in [0.15, 0.2) is 17.6 Å². The Hall–Kier alpha value is -3.40. The van der Waals surface area contributed by atoms with Crippen LogP contribution in [0.2, 0.25) is 0 Å². The minimum absolute atomic E-state index is 0.243. The summed E-state index contributed by atoms with van der Waals surface area (Å²) in [5.74, 6) is 0.923. The van der Waals surface area contributed by atoms with Crippen LogP contribution in [0.15, 0.2) is 44.7 Å². The first-order valence-electron chi connectivity index (χ1n) is 11.4. The summed E-state index contributed by atoms with van der Waals surface area (Å²) < 4.78 is 23.9. The number of aromatic nitrogens is 2. The number of nitrogens with zero attached hydrogens (tertiary/aromatic N) is 3. The minimum atomic E-state index is -0.872. The Morgan fingerprint density at radius 3 is 2.36 bits per heavy atom. The van der Waals surface area contributed by atoms with Crippen molar-refractivity contribution in [3.8, 4) is 17.2 Å². The van der Waals surface area contributed by atoms with Gasteiger partial charge in [-0.15, -0.1) is 0 Å². The third-order valence-electron chi connectivity index (χ3n) is 5.20. The van der Waals surface area contributed by atoms with Crippen molar-refractivity contribution in [2.24, 2.45) is 5.10 Å². The van der Waals surface area contributed by atoms with Crippen molar-refractivity contribution >= 4 is 39.0 Å². The van der Waals surface area contributed by atoms with E-state index in [-0.39, 0.29) is 17.9 Å². The first-order chi connectivity index (χ1) is 17.0. The predicted octanol–water partition coefficient (Wildman–Crippen LogP) is 4.69. The molecule has 1 atom stereocenters. The number of ether oxygens (including phenoxy) is 4. The van der Waals surface area contributed by atoms with Crippen LogP contribution >= 0.6 is 15.9 Å². The molecule has 36 heavy (non-hydrogen) atoms. The van der Waals surface area contributed by atoms with Crippen molar-refractivity contribution in [1.29, 1.82) is 0 Å². The predicted molar refractivity (Wildman–Crippen MR) is 142 cm³/mol. The lowest BCUT2D eigenvalue weighted by molar-refractivity contribution is -0.150. The van der Waals surface area contributed by atoms with E-state index in [0.29, 0.717) is 33.8 Å². The highest BCUT2D eigenvalue weighted by Gasteiger charge is 2.24. The fraction of sp³-hybridized carbons (Fsp3) is 0.385. The van der Waals surface area contributed by atoms with Gasteiger partial charge in [0.25, 0.3) is 5.56 Å². The number of halogens is 1. The molecule has 0 saturated carbocycles. The van der Waals surface area contributed by atoms with E-state index < -0.39 is 17.5 Å². The average Bonchev–Trinajstić information content (AvgIpc) is 2.83. The van der Waals surface area contributed by atoms with Gasteiger partial charge in [-0.25, -0.2) is 9.78 Å². The lowest BCUT2D eigenvalue weighted by Crippen LogP contribution is -2.29. The summed E-state index contributed by atoms with van der Waals surface area (Å²) in [4.78, 5) is 30.1. The number of esters is 1. The van der Waals surface area contributed by atoms with Gasteiger partial charge in [-0.1, -0.05) is 36.7 Å². The largest absolute Gasteiger partial charge is 0.493 e. The van der Waals surface area contributed by atoms with Crippen LogP contribution in [0.3, 0.4) is 0 Å². The molecule has 0 bridgehead atoms. The molecule has 2 aromatic carbocycles. The van der Waals surface area contributed by atoms with E-state index in [2.05, 4.69) is 21.0 Å². The van der Waals surface area contributed by atoms with Crippen molar-refractivity contribution in [2.75, 3.05) is 20.8 Å². The number of methoxy groups -OCH3 is 2. The first kappa shape index (κ1) is 27.2. The maximum atomic E-state index is 13.4. The number of hydrogen-bond donors (Lipinski definition) is 0. The maximum Gasteiger partial charge on any atom is 0.347 e. The minimum Gasteiger partial charge on any atom is -0.493 e. The van der Waals surface area contributed by atoms with Gasteiger partial charge in [-0.2, -0.15) is 9.78 Å². The van der Waals surface area contributed by atoms with Crippen molar-refractivity contribution in [2.45, 2.75) is 46.1 Å². The molecule has 0 fully saturated rings. The third kappa shape index (κ3) is 5.87. The van der Waals surface area contributed by atoms with Crippen LogP contribution in [0.1, 0.15) is 46.0 Å². The molecule has 0 aliphatic rings. The number of carbonyl (C=O) groups excluding carboxylic acids is 1. The van der Waals surface area contributed by atoms with Gasteiger partial charge >= 0.3 is 5.97 Å². The molecule has 0 aliphatic carbocycles. The monoisotopic (exact) mass is 559 g/mol. The molecule has 1 aromatic heterocycles. The van der Waals surface area contributed by atoms with Crippen molar-refractivity contribution in [3.05, 3.63) is 56.5 Å². The van der Waals surface area contributed by atoms with Gasteiger partial charge in [0.1, 0.15) is 5.82 Å². The van der Waals surface area contributed by atoms with E-state index >= 15 is 0 Å². The van der Waals surface area contributed by atoms with E-state index in [1.807, 2.05) is 26.8 Å². The summed E-state index contributed by atoms with van der Waals surface area (Å²) in [6.07, 6.45) is 0.648. The fourth-order valence-electron chi connectivity index (χ4n) is 3.44. The molecule has 3 aromatic rings. The lowest BCUT2D eigenvalue weighted by Gasteiger charge is -2.21. The second-order valence-corrected chi connectivity index (χ2v) is 9.89. The van der Waals surface area contributed by atoms with E-state index in [9.17, 15) is 9.59 Å². The Morgan fingerprint density at radius 2 is 1.81 bits per heavy atom. The highest BCUT2D eigenvalue weighted by atomic mass is 79.9. The highest BCUT2D eigenvalue weighted by molar-refractivity contribution is 9.10. The molecular formula is C26H30BrN3O6. The van der Waals surface area contributed by atoms with Gasteiger partial charge in [-0.05, 0) is 44.2 Å². The zero-order chi connectivity index (χ0) is 26.6. The summed E-state index contributed by atoms with van der Waals surface area (Å²) in [6.45, 7) is 9.45. The summed E-state index contributed by atoms with van der Waals surface area (Å²) in [5.41, 5.74) is 0.444. The van der Waals surface area contributed by atoms with Gasteiger partial charge < -0.3 is 18.9 Å². The van der Waals surface area contributed by atoms with Crippen LogP contribution in [-0.4, -0.2) is 48.8 Å². The van der Waals surface area contributed by atoms with Crippen LogP contribution in [0.25, 0.3) is 10.9 Å². The van der Waals surface area contributed by atoms with Crippen molar-refractivity contribution in [1.82, 2.24) is 9.66 Å². The molecule has 10 heteroatoms. The topological polar surface area (TPSA) is 101 Å². The van der Waals surface area contributed by atoms with Crippen molar-refractivity contribution in [3.63, 3.8) is 0 Å². The number of benzene rings is 2. The maximum absolute atomic E-state index is 13.4. The average molecular weight is 560 g/mol. The van der Waals surface area contributed by atoms with Gasteiger partial charge in [-0.3, -0.25) is 4.79 Å². The fourth-order valence-corrected chi connectivity index (χ4v) is 3.80. The van der Waals surface area contributed by atoms with E-state index in [1.54, 1.807) is 38.1 Å². The van der Waals surface area contributed by atoms with Crippen molar-refractivity contribution < 1.29 is 23.7 Å². The smallest absolute Gasteiger partial charge is 0.347 e. The Morgan fingerprint density at radius 1 is 1.17 bits per heavy atom. The molecule has 0 saturated heterocycles. The molecule has 0 N–H and O–H groups in total. The van der Waals surface area contributed by atoms with Crippen LogP contribution in [0.5, 0.6) is 17.2 Å². The summed E-state index contributed by atoms with van der Waals surface area (Å²) in [6, 6.07) is 8.72. The number of carbonyl (C=O) groups is 1. The zero-order valence-electron chi connectivity index (χ0n) is 21.4. The molecule has 0 amide bonds. The molecular weight excluding hydrogens is 530 g/mol. The normalized spacial score (nSPS) is 12.6. The number of rotatable bonds is 8. The second-order valence-electron chi connectivity index (χ2n) is 8.98. The first-order valence-corrected chi connectivity index (χ1v) is 12.2. The molecule has 0 unspecified atom stereocenters. The molecule has 0 aliphatic heterocycles. The SMILES string of the molecule is CCOC(=O)[C@H](C)Oc1c(OC)cc(C=Nn2c(C(C)(C)C)nc3ccc(Br)cc3c2=O)cc1OC. The van der Waals surface area contributed by atoms with Crippen LogP contribution in [-0.2, 0) is 14.9 Å². The Kier molecular flexibility index (Phi) is 8.39. The van der Waals surface area contributed by atoms with E-state index in [0.717, 1.165) is 4.47 Å². The number of fused-ring (bicyclic) bond motifs is 1. The van der Waals surface area contributed by atoms with Crippen LogP contribution < -0.4 is 19.8 Å². The molecule has 1 heterocycles. The van der Waals surface area contributed by atoms with E-state index in [1.165, 1.54) is 25.1 Å². The standard InChI is InChI=1S/C26H30BrN3O6/c1-8-35-24(32)15(2)36-22-20(33-6)11-16(12-21(22)34-7)14-28-30-23(31)18-13-17(27)9-10-19(18)29-25(30)26(3,4)5/h9-15H,8H2,1-7H3/t15-/m0/s1. The Balaban J connectivity index is 2.09. The summed E-state index contributed by atoms with van der Waals surface area (Å²) in [5, 5.41) is 4.94. The third-order valence-corrected chi connectivity index (χ3v) is 5.69. The van der Waals surface area contributed by atoms with Crippen LogP contribution in [0, 0.1) is 0 Å². The van der Waals surface area contributed by atoms with Gasteiger partial charge in [0, 0.05) is 15.5 Å². The van der Waals surface area contributed by atoms with Crippen LogP contribution in [0.4, 0.5) is 0 Å². The lowest BCUT2D eigenvalue weighted by atomic mass is 9.95. The molecule has 0 spiro atoms. The Bertz CT molecular complexity index is 1340. The number of hydrogen-bond acceptors (Lipinski definition) is 8. The molecule has 192 valence electrons. The molecule has 0 radical (unpaired) electrons. The molecule has 3 rings (SSSR count). The quantitative estimate of drug-likeness (QED) is 0.291. The van der Waals surface area contributed by atoms with Gasteiger partial charge in [0.05, 0.1) is 37.9 Å². The summed E-state index contributed by atoms with van der Waals surface area (Å²) in [7, 11) is 2.95. The summed E-state index contributed by atoms with van der Waals surface area (Å²) >= 11 is 3.41. The zero-order valence-corrected chi connectivity index (χ0v) is 23.0.